The Kier molecular flexibility index (Phi) is 4.23. The van der Waals surface area contributed by atoms with E-state index in [0.29, 0.717) is 12.1 Å². The summed E-state index contributed by atoms with van der Waals surface area (Å²) in [4.78, 5) is 22.2. The minimum absolute atomic E-state index is 0.0231. The Balaban J connectivity index is 1.49. The molecular weight excluding hydrogens is 322 g/mol. The number of imidazole rings is 1. The molecule has 0 aliphatic rings. The summed E-state index contributed by atoms with van der Waals surface area (Å²) in [7, 11) is 1.79. The van der Waals surface area contributed by atoms with E-state index in [0.717, 1.165) is 28.0 Å². The number of aromatic amines is 1. The van der Waals surface area contributed by atoms with Crippen LogP contribution in [0.5, 0.6) is 0 Å². The first kappa shape index (κ1) is 16.1. The van der Waals surface area contributed by atoms with Crippen molar-refractivity contribution in [1.82, 2.24) is 14.9 Å². The third-order valence-electron chi connectivity index (χ3n) is 4.41. The summed E-state index contributed by atoms with van der Waals surface area (Å²) < 4.78 is 0. The second-order valence-electron chi connectivity index (χ2n) is 6.31. The maximum Gasteiger partial charge on any atom is 0.254 e. The Hall–Kier alpha value is -3.40. The van der Waals surface area contributed by atoms with Gasteiger partial charge in [-0.1, -0.05) is 54.6 Å². The molecule has 0 radical (unpaired) electrons. The van der Waals surface area contributed by atoms with E-state index in [9.17, 15) is 4.79 Å². The van der Waals surface area contributed by atoms with E-state index in [1.807, 2.05) is 66.7 Å². The molecule has 0 aliphatic heterocycles. The minimum atomic E-state index is -0.0231. The van der Waals surface area contributed by atoms with Gasteiger partial charge in [-0.2, -0.15) is 0 Å². The number of fused-ring (bicyclic) bond motifs is 1. The number of hydrogen-bond acceptors (Lipinski definition) is 2. The van der Waals surface area contributed by atoms with E-state index in [-0.39, 0.29) is 5.91 Å². The zero-order valence-electron chi connectivity index (χ0n) is 14.5. The number of H-pyrrole nitrogens is 1. The van der Waals surface area contributed by atoms with Crippen molar-refractivity contribution in [2.75, 3.05) is 7.05 Å². The number of carbonyl (C=O) groups excluding carboxylic acids is 1. The molecule has 0 unspecified atom stereocenters. The zero-order chi connectivity index (χ0) is 17.9. The van der Waals surface area contributed by atoms with Crippen molar-refractivity contribution in [2.24, 2.45) is 0 Å². The summed E-state index contributed by atoms with van der Waals surface area (Å²) in [6.07, 6.45) is 0. The molecule has 0 saturated carbocycles. The molecule has 1 N–H and O–H groups in total. The highest BCUT2D eigenvalue weighted by atomic mass is 16.2. The van der Waals surface area contributed by atoms with Crippen LogP contribution in [-0.2, 0) is 6.54 Å². The lowest BCUT2D eigenvalue weighted by atomic mass is 10.0. The van der Waals surface area contributed by atoms with E-state index < -0.39 is 0 Å². The molecule has 4 aromatic rings. The van der Waals surface area contributed by atoms with Gasteiger partial charge in [0.25, 0.3) is 5.91 Å². The third kappa shape index (κ3) is 3.22. The number of benzene rings is 3. The molecule has 4 rings (SSSR count). The average molecular weight is 341 g/mol. The van der Waals surface area contributed by atoms with Crippen LogP contribution in [0.2, 0.25) is 0 Å². The lowest BCUT2D eigenvalue weighted by molar-refractivity contribution is 0.0782. The largest absolute Gasteiger partial charge is 0.340 e. The molecule has 1 aromatic heterocycles. The van der Waals surface area contributed by atoms with Gasteiger partial charge in [-0.05, 0) is 35.4 Å². The summed E-state index contributed by atoms with van der Waals surface area (Å²) in [5, 5.41) is 0. The van der Waals surface area contributed by atoms with Gasteiger partial charge in [0.1, 0.15) is 5.82 Å². The Labute approximate surface area is 152 Å². The Morgan fingerprint density at radius 1 is 0.885 bits per heavy atom. The van der Waals surface area contributed by atoms with Crippen molar-refractivity contribution in [3.63, 3.8) is 0 Å². The molecule has 128 valence electrons. The van der Waals surface area contributed by atoms with Crippen LogP contribution in [0.25, 0.3) is 22.2 Å². The molecule has 0 spiro atoms. The van der Waals surface area contributed by atoms with Crippen molar-refractivity contribution in [1.29, 1.82) is 0 Å². The lowest BCUT2D eigenvalue weighted by Crippen LogP contribution is -2.26. The van der Waals surface area contributed by atoms with Crippen molar-refractivity contribution in [3.8, 4) is 11.1 Å². The topological polar surface area (TPSA) is 49.0 Å². The number of amides is 1. The molecule has 0 atom stereocenters. The van der Waals surface area contributed by atoms with Crippen molar-refractivity contribution in [3.05, 3.63) is 90.3 Å². The number of nitrogens with one attached hydrogen (secondary N) is 1. The van der Waals surface area contributed by atoms with Crippen LogP contribution in [0.15, 0.2) is 78.9 Å². The fraction of sp³-hybridized carbons (Fsp3) is 0.0909. The van der Waals surface area contributed by atoms with Gasteiger partial charge in [-0.15, -0.1) is 0 Å². The first-order valence-electron chi connectivity index (χ1n) is 8.55. The second kappa shape index (κ2) is 6.84. The van der Waals surface area contributed by atoms with Gasteiger partial charge in [-0.3, -0.25) is 4.79 Å². The molecule has 3 aromatic carbocycles. The lowest BCUT2D eigenvalue weighted by Gasteiger charge is -2.16. The Morgan fingerprint density at radius 2 is 1.54 bits per heavy atom. The predicted octanol–water partition coefficient (Wildman–Crippen LogP) is 4.50. The van der Waals surface area contributed by atoms with E-state index >= 15 is 0 Å². The predicted molar refractivity (Wildman–Crippen MR) is 104 cm³/mol. The van der Waals surface area contributed by atoms with Crippen LogP contribution in [-0.4, -0.2) is 27.8 Å². The van der Waals surface area contributed by atoms with E-state index in [4.69, 9.17) is 0 Å². The van der Waals surface area contributed by atoms with E-state index in [2.05, 4.69) is 22.1 Å². The molecule has 1 heterocycles. The van der Waals surface area contributed by atoms with Crippen LogP contribution in [0.4, 0.5) is 0 Å². The quantitative estimate of drug-likeness (QED) is 0.594. The van der Waals surface area contributed by atoms with Gasteiger partial charge in [0.2, 0.25) is 0 Å². The Morgan fingerprint density at radius 3 is 2.27 bits per heavy atom. The zero-order valence-corrected chi connectivity index (χ0v) is 14.5. The first-order valence-corrected chi connectivity index (χ1v) is 8.55. The number of nitrogens with zero attached hydrogens (tertiary/aromatic N) is 2. The summed E-state index contributed by atoms with van der Waals surface area (Å²) in [6, 6.07) is 25.7. The summed E-state index contributed by atoms with van der Waals surface area (Å²) >= 11 is 0. The fourth-order valence-corrected chi connectivity index (χ4v) is 3.03. The van der Waals surface area contributed by atoms with Crippen LogP contribution >= 0.6 is 0 Å². The molecule has 1 amide bonds. The third-order valence-corrected chi connectivity index (χ3v) is 4.41. The highest BCUT2D eigenvalue weighted by Crippen LogP contribution is 2.20. The van der Waals surface area contributed by atoms with E-state index in [1.54, 1.807) is 11.9 Å². The molecule has 26 heavy (non-hydrogen) atoms. The van der Waals surface area contributed by atoms with Crippen LogP contribution < -0.4 is 0 Å². The summed E-state index contributed by atoms with van der Waals surface area (Å²) in [5.74, 6) is 0.757. The number of carbonyl (C=O) groups is 1. The van der Waals surface area contributed by atoms with Gasteiger partial charge < -0.3 is 9.88 Å². The van der Waals surface area contributed by atoms with Crippen molar-refractivity contribution < 1.29 is 4.79 Å². The van der Waals surface area contributed by atoms with Crippen LogP contribution in [0, 0.1) is 0 Å². The normalized spacial score (nSPS) is 10.8. The molecule has 4 nitrogen and oxygen atoms in total. The second-order valence-corrected chi connectivity index (χ2v) is 6.31. The SMILES string of the molecule is CN(Cc1nc2ccccc2[nH]1)C(=O)c1ccc(-c2ccccc2)cc1. The summed E-state index contributed by atoms with van der Waals surface area (Å²) in [6.45, 7) is 0.438. The highest BCUT2D eigenvalue weighted by molar-refractivity contribution is 5.94. The van der Waals surface area contributed by atoms with Gasteiger partial charge in [0, 0.05) is 12.6 Å². The number of rotatable bonds is 4. The number of hydrogen-bond donors (Lipinski definition) is 1. The number of aromatic nitrogens is 2. The molecule has 0 bridgehead atoms. The maximum absolute atomic E-state index is 12.7. The Bertz CT molecular complexity index is 1000. The van der Waals surface area contributed by atoms with E-state index in [1.165, 1.54) is 0 Å². The monoisotopic (exact) mass is 341 g/mol. The summed E-state index contributed by atoms with van der Waals surface area (Å²) in [5.41, 5.74) is 4.80. The van der Waals surface area contributed by atoms with Crippen molar-refractivity contribution >= 4 is 16.9 Å². The fourth-order valence-electron chi connectivity index (χ4n) is 3.03. The smallest absolute Gasteiger partial charge is 0.254 e. The van der Waals surface area contributed by atoms with Gasteiger partial charge in [-0.25, -0.2) is 4.98 Å². The molecular formula is C22H19N3O. The highest BCUT2D eigenvalue weighted by Gasteiger charge is 2.14. The van der Waals surface area contributed by atoms with Crippen LogP contribution in [0.3, 0.4) is 0 Å². The average Bonchev–Trinajstić information content (AvgIpc) is 3.10. The standard InChI is InChI=1S/C22H19N3O/c1-25(15-21-23-19-9-5-6-10-20(19)24-21)22(26)18-13-11-17(12-14-18)16-7-3-2-4-8-16/h2-14H,15H2,1H3,(H,23,24). The molecule has 0 saturated heterocycles. The molecule has 4 heteroatoms. The van der Waals surface area contributed by atoms with Gasteiger partial charge >= 0.3 is 0 Å². The van der Waals surface area contributed by atoms with Gasteiger partial charge in [0.15, 0.2) is 0 Å². The van der Waals surface area contributed by atoms with Crippen molar-refractivity contribution in [2.45, 2.75) is 6.54 Å². The maximum atomic E-state index is 12.7. The first-order chi connectivity index (χ1) is 12.7. The number of para-hydroxylation sites is 2. The molecule has 0 aliphatic carbocycles. The van der Waals surface area contributed by atoms with Gasteiger partial charge in [0.05, 0.1) is 17.6 Å². The molecule has 0 fully saturated rings. The van der Waals surface area contributed by atoms with Crippen LogP contribution in [0.1, 0.15) is 16.2 Å². The minimum Gasteiger partial charge on any atom is -0.340 e.